The Kier molecular flexibility index (Phi) is 6.20. The number of methoxy groups -OCH3 is 1. The molecule has 36 heavy (non-hydrogen) atoms. The fourth-order valence-corrected chi connectivity index (χ4v) is 7.79. The number of halogens is 3. The number of piperazine rings is 1. The number of rotatable bonds is 5. The Bertz CT molecular complexity index is 993. The Balaban J connectivity index is 1.13. The van der Waals surface area contributed by atoms with Gasteiger partial charge in [-0.2, -0.15) is 13.2 Å². The predicted molar refractivity (Wildman–Crippen MR) is 126 cm³/mol. The summed E-state index contributed by atoms with van der Waals surface area (Å²) in [5.74, 6) is 1.02. The fraction of sp³-hybridized carbons (Fsp3) is 0.769. The molecule has 4 heterocycles. The van der Waals surface area contributed by atoms with E-state index in [4.69, 9.17) is 9.47 Å². The number of anilines is 1. The van der Waals surface area contributed by atoms with Crippen LogP contribution in [0.3, 0.4) is 0 Å². The minimum Gasteiger partial charge on any atom is -0.379 e. The van der Waals surface area contributed by atoms with E-state index in [0.717, 1.165) is 63.7 Å². The van der Waals surface area contributed by atoms with Gasteiger partial charge in [-0.1, -0.05) is 6.42 Å². The number of fused-ring (bicyclic) bond motifs is 3. The van der Waals surface area contributed by atoms with Crippen molar-refractivity contribution in [1.29, 1.82) is 0 Å². The van der Waals surface area contributed by atoms with Gasteiger partial charge in [-0.3, -0.25) is 4.79 Å². The number of pyridine rings is 1. The Morgan fingerprint density at radius 3 is 2.86 bits per heavy atom. The SMILES string of the molecule is CO[C@@H]1COCC[C@@H]1N[C@@H]1C[C@H]2CCC[C@@]2(C(=O)N2C[C@@H]3C[C@H]2CN3c2cc(C(F)(F)F)ccn2)C1. The monoisotopic (exact) mass is 508 g/mol. The van der Waals surface area contributed by atoms with E-state index >= 15 is 0 Å². The topological polar surface area (TPSA) is 66.9 Å². The number of nitrogens with one attached hydrogen (secondary N) is 1. The smallest absolute Gasteiger partial charge is 0.379 e. The Morgan fingerprint density at radius 1 is 1.25 bits per heavy atom. The number of likely N-dealkylation sites (tertiary alicyclic amines) is 1. The summed E-state index contributed by atoms with van der Waals surface area (Å²) in [6.45, 7) is 2.44. The van der Waals surface area contributed by atoms with Crippen molar-refractivity contribution in [2.75, 3.05) is 38.3 Å². The Labute approximate surface area is 209 Å². The van der Waals surface area contributed by atoms with Gasteiger partial charge in [-0.25, -0.2) is 4.98 Å². The summed E-state index contributed by atoms with van der Waals surface area (Å²) in [6, 6.07) is 2.74. The molecule has 0 radical (unpaired) electrons. The zero-order chi connectivity index (χ0) is 25.1. The van der Waals surface area contributed by atoms with Crippen LogP contribution >= 0.6 is 0 Å². The largest absolute Gasteiger partial charge is 0.416 e. The van der Waals surface area contributed by atoms with E-state index in [2.05, 4.69) is 15.2 Å². The van der Waals surface area contributed by atoms with Crippen LogP contribution in [0.1, 0.15) is 50.5 Å². The zero-order valence-corrected chi connectivity index (χ0v) is 20.7. The minimum absolute atomic E-state index is 0.0196. The molecule has 2 aliphatic carbocycles. The van der Waals surface area contributed by atoms with Crippen LogP contribution in [0.4, 0.5) is 19.0 Å². The third-order valence-corrected chi connectivity index (χ3v) is 9.49. The van der Waals surface area contributed by atoms with Crippen LogP contribution < -0.4 is 10.2 Å². The fourth-order valence-electron chi connectivity index (χ4n) is 7.79. The third kappa shape index (κ3) is 4.09. The molecule has 3 saturated heterocycles. The third-order valence-electron chi connectivity index (χ3n) is 9.49. The summed E-state index contributed by atoms with van der Waals surface area (Å²) < 4.78 is 50.8. The lowest BCUT2D eigenvalue weighted by molar-refractivity contribution is -0.144. The normalized spacial score (nSPS) is 38.1. The first-order valence-corrected chi connectivity index (χ1v) is 13.3. The zero-order valence-electron chi connectivity index (χ0n) is 20.7. The first-order valence-electron chi connectivity index (χ1n) is 13.3. The van der Waals surface area contributed by atoms with Crippen molar-refractivity contribution in [2.24, 2.45) is 11.3 Å². The van der Waals surface area contributed by atoms with Gasteiger partial charge in [0.15, 0.2) is 0 Å². The number of ether oxygens (including phenoxy) is 2. The van der Waals surface area contributed by atoms with Crippen molar-refractivity contribution < 1.29 is 27.4 Å². The number of carbonyl (C=O) groups excluding carboxylic acids is 1. The molecular formula is C26H35F3N4O3. The highest BCUT2D eigenvalue weighted by atomic mass is 19.4. The van der Waals surface area contributed by atoms with Crippen molar-refractivity contribution in [3.63, 3.8) is 0 Å². The van der Waals surface area contributed by atoms with Crippen LogP contribution in [0.5, 0.6) is 0 Å². The van der Waals surface area contributed by atoms with E-state index in [1.807, 2.05) is 4.90 Å². The van der Waals surface area contributed by atoms with E-state index in [0.29, 0.717) is 37.5 Å². The number of amides is 1. The van der Waals surface area contributed by atoms with E-state index in [1.54, 1.807) is 7.11 Å². The van der Waals surface area contributed by atoms with E-state index in [9.17, 15) is 18.0 Å². The van der Waals surface area contributed by atoms with Crippen molar-refractivity contribution in [2.45, 2.75) is 81.4 Å². The highest BCUT2D eigenvalue weighted by molar-refractivity contribution is 5.85. The quantitative estimate of drug-likeness (QED) is 0.659. The van der Waals surface area contributed by atoms with Crippen LogP contribution in [-0.2, 0) is 20.4 Å². The van der Waals surface area contributed by atoms with Gasteiger partial charge in [-0.05, 0) is 56.6 Å². The molecule has 7 atom stereocenters. The maximum Gasteiger partial charge on any atom is 0.416 e. The van der Waals surface area contributed by atoms with E-state index in [-0.39, 0.29) is 35.6 Å². The highest BCUT2D eigenvalue weighted by Gasteiger charge is 2.59. The predicted octanol–water partition coefficient (Wildman–Crippen LogP) is 3.23. The molecule has 6 rings (SSSR count). The Morgan fingerprint density at radius 2 is 2.11 bits per heavy atom. The molecule has 10 heteroatoms. The second-order valence-corrected chi connectivity index (χ2v) is 11.3. The molecule has 1 aromatic rings. The summed E-state index contributed by atoms with van der Waals surface area (Å²) in [4.78, 5) is 22.3. The molecule has 3 aliphatic heterocycles. The average molecular weight is 509 g/mol. The van der Waals surface area contributed by atoms with Gasteiger partial charge >= 0.3 is 6.18 Å². The van der Waals surface area contributed by atoms with Crippen molar-refractivity contribution in [3.05, 3.63) is 23.9 Å². The first kappa shape index (κ1) is 24.4. The number of alkyl halides is 3. The molecule has 0 spiro atoms. The molecule has 198 valence electrons. The van der Waals surface area contributed by atoms with Gasteiger partial charge < -0.3 is 24.6 Å². The summed E-state index contributed by atoms with van der Waals surface area (Å²) in [6.07, 6.45) is 3.57. The molecular weight excluding hydrogens is 473 g/mol. The Hall–Kier alpha value is -1.91. The maximum absolute atomic E-state index is 14.1. The highest BCUT2D eigenvalue weighted by Crippen LogP contribution is 2.56. The average Bonchev–Trinajstić information content (AvgIpc) is 3.63. The molecule has 2 bridgehead atoms. The number of carbonyl (C=O) groups is 1. The van der Waals surface area contributed by atoms with Gasteiger partial charge in [0.2, 0.25) is 5.91 Å². The second-order valence-electron chi connectivity index (χ2n) is 11.3. The second kappa shape index (κ2) is 9.13. The molecule has 1 amide bonds. The summed E-state index contributed by atoms with van der Waals surface area (Å²) in [5, 5.41) is 3.81. The van der Waals surface area contributed by atoms with Crippen LogP contribution in [0.15, 0.2) is 18.3 Å². The molecule has 1 N–H and O–H groups in total. The summed E-state index contributed by atoms with van der Waals surface area (Å²) in [7, 11) is 1.73. The molecule has 0 aromatic carbocycles. The number of hydrogen-bond acceptors (Lipinski definition) is 6. The molecule has 5 fully saturated rings. The molecule has 0 unspecified atom stereocenters. The van der Waals surface area contributed by atoms with Crippen LogP contribution in [0, 0.1) is 11.3 Å². The van der Waals surface area contributed by atoms with E-state index in [1.165, 1.54) is 6.20 Å². The van der Waals surface area contributed by atoms with Crippen LogP contribution in [0.25, 0.3) is 0 Å². The van der Waals surface area contributed by atoms with E-state index < -0.39 is 11.7 Å². The van der Waals surface area contributed by atoms with Crippen molar-refractivity contribution in [1.82, 2.24) is 15.2 Å². The van der Waals surface area contributed by atoms with Gasteiger partial charge in [0.1, 0.15) is 5.82 Å². The standard InChI is InChI=1S/C26H35F3N4O3/c1-35-22-15-36-8-5-21(22)31-18-9-16-3-2-6-25(16,12-18)24(34)33-14-19-11-20(33)13-32(19)23-10-17(4-7-30-23)26(27,28)29/h4,7,10,16,18-22,31H,2-3,5-6,8-9,11-15H2,1H3/t16-,18-,19+,20+,21+,22-,25-/m1/s1. The number of aromatic nitrogens is 1. The van der Waals surface area contributed by atoms with Crippen molar-refractivity contribution >= 4 is 11.7 Å². The number of hydrogen-bond donors (Lipinski definition) is 1. The van der Waals surface area contributed by atoms with Gasteiger partial charge in [-0.15, -0.1) is 0 Å². The lowest BCUT2D eigenvalue weighted by atomic mass is 9.78. The van der Waals surface area contributed by atoms with Crippen LogP contribution in [0.2, 0.25) is 0 Å². The van der Waals surface area contributed by atoms with Gasteiger partial charge in [0.25, 0.3) is 0 Å². The van der Waals surface area contributed by atoms with Crippen LogP contribution in [-0.4, -0.2) is 79.5 Å². The lowest BCUT2D eigenvalue weighted by Gasteiger charge is -2.40. The molecule has 1 aromatic heterocycles. The lowest BCUT2D eigenvalue weighted by Crippen LogP contribution is -2.54. The summed E-state index contributed by atoms with van der Waals surface area (Å²) >= 11 is 0. The minimum atomic E-state index is -4.39. The molecule has 5 aliphatic rings. The maximum atomic E-state index is 14.1. The van der Waals surface area contributed by atoms with Gasteiger partial charge in [0, 0.05) is 45.1 Å². The molecule has 2 saturated carbocycles. The first-order chi connectivity index (χ1) is 17.3. The summed E-state index contributed by atoms with van der Waals surface area (Å²) in [5.41, 5.74) is -0.990. The number of nitrogens with zero attached hydrogens (tertiary/aromatic N) is 3. The van der Waals surface area contributed by atoms with Gasteiger partial charge in [0.05, 0.1) is 35.8 Å². The van der Waals surface area contributed by atoms with Crippen molar-refractivity contribution in [3.8, 4) is 0 Å². The molecule has 7 nitrogen and oxygen atoms in total.